The average molecular weight is 413 g/mol. The molecule has 1 saturated carbocycles. The minimum atomic E-state index is -0.593. The van der Waals surface area contributed by atoms with Crippen molar-refractivity contribution in [3.05, 3.63) is 6.42 Å². The molecule has 6 heteroatoms. The molecule has 0 aromatic carbocycles. The summed E-state index contributed by atoms with van der Waals surface area (Å²) in [4.78, 5) is 26.3. The molecule has 0 bridgehead atoms. The molecular weight excluding hydrogens is 383 g/mol. The zero-order chi connectivity index (χ0) is 16.5. The van der Waals surface area contributed by atoms with Gasteiger partial charge in [0.2, 0.25) is 0 Å². The van der Waals surface area contributed by atoms with E-state index in [0.717, 1.165) is 12.8 Å². The number of morpholine rings is 1. The molecule has 135 valence electrons. The monoisotopic (exact) mass is 413 g/mol. The fourth-order valence-corrected chi connectivity index (χ4v) is 3.42. The number of Topliss-reactive ketones (excluding diaryl/α,β-unsaturated/α-hetero) is 1. The predicted molar refractivity (Wildman–Crippen MR) is 88.1 cm³/mol. The van der Waals surface area contributed by atoms with Gasteiger partial charge in [0.25, 0.3) is 0 Å². The molecule has 5 nitrogen and oxygen atoms in total. The van der Waals surface area contributed by atoms with Crippen LogP contribution in [0.25, 0.3) is 0 Å². The Kier molecular flexibility index (Phi) is 11.4. The Morgan fingerprint density at radius 2 is 1.79 bits per heavy atom. The van der Waals surface area contributed by atoms with E-state index in [1.807, 2.05) is 13.3 Å². The number of hydrogen-bond donors (Lipinski definition) is 0. The molecule has 24 heavy (non-hydrogen) atoms. The fourth-order valence-electron chi connectivity index (χ4n) is 3.42. The van der Waals surface area contributed by atoms with Crippen molar-refractivity contribution in [1.29, 1.82) is 0 Å². The van der Waals surface area contributed by atoms with Gasteiger partial charge in [0, 0.05) is 45.8 Å². The van der Waals surface area contributed by atoms with Crippen molar-refractivity contribution in [2.45, 2.75) is 64.4 Å². The van der Waals surface area contributed by atoms with Gasteiger partial charge in [-0.1, -0.05) is 38.5 Å². The second kappa shape index (κ2) is 12.4. The number of amides is 1. The number of ketones is 1. The van der Waals surface area contributed by atoms with Crippen molar-refractivity contribution in [2.24, 2.45) is 5.92 Å². The van der Waals surface area contributed by atoms with Crippen molar-refractivity contribution < 1.29 is 51.8 Å². The maximum absolute atomic E-state index is 12.4. The largest absolute Gasteiger partial charge is 0.438 e. The number of carbonyl (C=O) groups excluding carboxylic acids is 2. The molecule has 0 aromatic rings. The van der Waals surface area contributed by atoms with E-state index in [-0.39, 0.29) is 44.6 Å². The van der Waals surface area contributed by atoms with Crippen LogP contribution in [-0.4, -0.2) is 49.2 Å². The van der Waals surface area contributed by atoms with Gasteiger partial charge < -0.3 is 20.8 Å². The number of ether oxygens (including phenoxy) is 2. The van der Waals surface area contributed by atoms with Crippen LogP contribution in [0.4, 0.5) is 4.79 Å². The summed E-state index contributed by atoms with van der Waals surface area (Å²) in [7, 11) is 0. The van der Waals surface area contributed by atoms with Gasteiger partial charge in [-0.3, -0.25) is 4.79 Å². The molecule has 2 fully saturated rings. The van der Waals surface area contributed by atoms with Crippen LogP contribution in [0.3, 0.4) is 0 Å². The first-order chi connectivity index (χ1) is 11.2. The van der Waals surface area contributed by atoms with Gasteiger partial charge in [0.15, 0.2) is 6.10 Å². The zero-order valence-corrected chi connectivity index (χ0v) is 17.7. The van der Waals surface area contributed by atoms with Crippen LogP contribution in [0.2, 0.25) is 0 Å². The first-order valence-electron chi connectivity index (χ1n) is 9.04. The van der Waals surface area contributed by atoms with Gasteiger partial charge in [0.05, 0.1) is 13.2 Å². The Hall–Kier alpha value is 0.00390. The maximum atomic E-state index is 12.4. The van der Waals surface area contributed by atoms with Crippen LogP contribution in [0, 0.1) is 12.3 Å². The van der Waals surface area contributed by atoms with Crippen LogP contribution in [0.5, 0.6) is 0 Å². The molecule has 1 heterocycles. The van der Waals surface area contributed by atoms with Crippen molar-refractivity contribution in [2.75, 3.05) is 26.3 Å². The minimum Gasteiger partial charge on any atom is -0.438 e. The van der Waals surface area contributed by atoms with Crippen molar-refractivity contribution in [1.82, 2.24) is 4.90 Å². The van der Waals surface area contributed by atoms with Gasteiger partial charge in [-0.25, -0.2) is 4.79 Å². The summed E-state index contributed by atoms with van der Waals surface area (Å²) in [5.41, 5.74) is 0. The second-order valence-corrected chi connectivity index (χ2v) is 6.64. The van der Waals surface area contributed by atoms with E-state index in [2.05, 4.69) is 0 Å². The normalized spacial score (nSPS) is 20.6. The van der Waals surface area contributed by atoms with E-state index < -0.39 is 6.10 Å². The van der Waals surface area contributed by atoms with Crippen molar-refractivity contribution >= 4 is 11.9 Å². The summed E-state index contributed by atoms with van der Waals surface area (Å²) in [6, 6.07) is 0. The Morgan fingerprint density at radius 3 is 2.38 bits per heavy atom. The summed E-state index contributed by atoms with van der Waals surface area (Å²) >= 11 is 0. The number of rotatable bonds is 6. The molecule has 0 aromatic heterocycles. The summed E-state index contributed by atoms with van der Waals surface area (Å²) in [5.74, 6) is 0.527. The van der Waals surface area contributed by atoms with Crippen LogP contribution < -0.4 is 0 Å². The zero-order valence-electron chi connectivity index (χ0n) is 14.9. The average Bonchev–Trinajstić information content (AvgIpc) is 2.84. The molecule has 1 atom stereocenters. The van der Waals surface area contributed by atoms with E-state index in [4.69, 9.17) is 9.47 Å². The molecular formula is C18H30NO4Y-. The number of carbonyl (C=O) groups is 2. The van der Waals surface area contributed by atoms with E-state index in [0.29, 0.717) is 45.1 Å². The molecule has 1 aliphatic carbocycles. The molecule has 1 amide bonds. The third-order valence-electron chi connectivity index (χ3n) is 4.80. The molecule has 0 unspecified atom stereocenters. The first-order valence-corrected chi connectivity index (χ1v) is 9.04. The van der Waals surface area contributed by atoms with Gasteiger partial charge in [0.1, 0.15) is 5.78 Å². The second-order valence-electron chi connectivity index (χ2n) is 6.64. The van der Waals surface area contributed by atoms with Gasteiger partial charge in [-0.15, -0.1) is 6.42 Å². The summed E-state index contributed by atoms with van der Waals surface area (Å²) < 4.78 is 10.9. The summed E-state index contributed by atoms with van der Waals surface area (Å²) in [6.45, 7) is 4.04. The number of nitrogens with zero attached hydrogens (tertiary/aromatic N) is 1. The molecule has 2 aliphatic rings. The van der Waals surface area contributed by atoms with Gasteiger partial charge in [-0.2, -0.15) is 6.92 Å². The third-order valence-corrected chi connectivity index (χ3v) is 4.80. The standard InChI is InChI=1S/C18H30NO4.Y/c1-2-7-16(20)17(14-15-8-5-3-4-6-9-15)23-18(21)19-10-12-22-13-11-19;/h2,15,17H,3-14H2,1H3;/q-1;/t17-;/m0./s1. The fraction of sp³-hybridized carbons (Fsp3) is 0.833. The van der Waals surface area contributed by atoms with E-state index in [9.17, 15) is 9.59 Å². The molecule has 0 spiro atoms. The molecule has 0 N–H and O–H groups in total. The number of hydrogen-bond acceptors (Lipinski definition) is 4. The molecule has 1 aliphatic heterocycles. The van der Waals surface area contributed by atoms with Gasteiger partial charge in [-0.05, 0) is 12.3 Å². The predicted octanol–water partition coefficient (Wildman–Crippen LogP) is 3.37. The summed E-state index contributed by atoms with van der Waals surface area (Å²) in [5, 5.41) is 0. The quantitative estimate of drug-likeness (QED) is 0.495. The molecule has 2 rings (SSSR count). The topological polar surface area (TPSA) is 55.8 Å². The van der Waals surface area contributed by atoms with Crippen LogP contribution in [-0.2, 0) is 47.0 Å². The van der Waals surface area contributed by atoms with E-state index in [1.165, 1.54) is 25.7 Å². The Morgan fingerprint density at radius 1 is 1.17 bits per heavy atom. The van der Waals surface area contributed by atoms with Crippen LogP contribution in [0.1, 0.15) is 58.3 Å². The third kappa shape index (κ3) is 7.49. The van der Waals surface area contributed by atoms with Crippen molar-refractivity contribution in [3.63, 3.8) is 0 Å². The summed E-state index contributed by atoms with van der Waals surface area (Å²) in [6.07, 6.45) is 9.24. The Balaban J connectivity index is 0.00000288. The van der Waals surface area contributed by atoms with E-state index >= 15 is 0 Å². The van der Waals surface area contributed by atoms with Crippen LogP contribution in [0.15, 0.2) is 0 Å². The Labute approximate surface area is 171 Å². The smallest absolute Gasteiger partial charge is 0.410 e. The first kappa shape index (κ1) is 22.0. The van der Waals surface area contributed by atoms with Crippen LogP contribution >= 0.6 is 0 Å². The van der Waals surface area contributed by atoms with Gasteiger partial charge >= 0.3 is 6.09 Å². The molecule has 1 saturated heterocycles. The SMILES string of the molecule is C[CH-]CC(=O)[C@H](CC1CCCCCC1)OC(=O)N1CCOCC1.[Y]. The minimum absolute atomic E-state index is 0. The molecule has 1 radical (unpaired) electrons. The Bertz CT molecular complexity index is 377. The maximum Gasteiger partial charge on any atom is 0.410 e. The van der Waals surface area contributed by atoms with E-state index in [1.54, 1.807) is 4.90 Å². The van der Waals surface area contributed by atoms with Crippen molar-refractivity contribution in [3.8, 4) is 0 Å².